The van der Waals surface area contributed by atoms with Crippen LogP contribution in [0.2, 0.25) is 0 Å². The average molecular weight is 128 g/mol. The number of amides is 1. The van der Waals surface area contributed by atoms with Crippen molar-refractivity contribution in [2.75, 3.05) is 0 Å². The molecule has 0 spiro atoms. The van der Waals surface area contributed by atoms with Gasteiger partial charge in [0.05, 0.1) is 0 Å². The van der Waals surface area contributed by atoms with Crippen LogP contribution in [-0.2, 0) is 4.79 Å². The second kappa shape index (κ2) is 1.70. The van der Waals surface area contributed by atoms with Crippen molar-refractivity contribution in [1.29, 1.82) is 0 Å². The molecule has 1 aliphatic heterocycles. The Morgan fingerprint density at radius 3 is 2.44 bits per heavy atom. The zero-order valence-electron chi connectivity index (χ0n) is 5.77. The fraction of sp³-hybridized carbons (Fsp3) is 0.833. The number of nitrogens with two attached hydrogens (primary N) is 1. The van der Waals surface area contributed by atoms with Gasteiger partial charge in [-0.3, -0.25) is 4.79 Å². The Hall–Kier alpha value is -0.570. The van der Waals surface area contributed by atoms with E-state index in [9.17, 15) is 4.79 Å². The molecule has 0 saturated carbocycles. The molecule has 1 aliphatic rings. The number of hydrogen-bond donors (Lipinski definition) is 2. The van der Waals surface area contributed by atoms with Crippen molar-refractivity contribution in [3.8, 4) is 0 Å². The first kappa shape index (κ1) is 6.55. The molecule has 1 heterocycles. The van der Waals surface area contributed by atoms with Gasteiger partial charge in [-0.2, -0.15) is 0 Å². The summed E-state index contributed by atoms with van der Waals surface area (Å²) < 4.78 is 0. The largest absolute Gasteiger partial charge is 0.350 e. The van der Waals surface area contributed by atoms with Gasteiger partial charge >= 0.3 is 0 Å². The van der Waals surface area contributed by atoms with Gasteiger partial charge in [0.2, 0.25) is 5.91 Å². The van der Waals surface area contributed by atoms with E-state index in [1.54, 1.807) is 0 Å². The van der Waals surface area contributed by atoms with Crippen molar-refractivity contribution in [2.24, 2.45) is 5.73 Å². The first-order chi connectivity index (χ1) is 4.02. The predicted molar refractivity (Wildman–Crippen MR) is 34.8 cm³/mol. The van der Waals surface area contributed by atoms with Crippen molar-refractivity contribution < 1.29 is 4.79 Å². The summed E-state index contributed by atoms with van der Waals surface area (Å²) in [5.74, 6) is 0.0625. The summed E-state index contributed by atoms with van der Waals surface area (Å²) in [6, 6.07) is -0.0231. The van der Waals surface area contributed by atoms with Crippen LogP contribution in [0.3, 0.4) is 0 Å². The Morgan fingerprint density at radius 2 is 2.33 bits per heavy atom. The monoisotopic (exact) mass is 128 g/mol. The maximum absolute atomic E-state index is 10.7. The molecule has 0 aromatic heterocycles. The van der Waals surface area contributed by atoms with E-state index in [-0.39, 0.29) is 17.5 Å². The third kappa shape index (κ3) is 1.05. The van der Waals surface area contributed by atoms with E-state index in [4.69, 9.17) is 5.73 Å². The maximum atomic E-state index is 10.7. The highest BCUT2D eigenvalue weighted by Gasteiger charge is 2.35. The van der Waals surface area contributed by atoms with Crippen LogP contribution in [0.4, 0.5) is 0 Å². The van der Waals surface area contributed by atoms with Gasteiger partial charge in [-0.15, -0.1) is 0 Å². The Balaban J connectivity index is 2.69. The third-order valence-electron chi connectivity index (χ3n) is 1.79. The highest BCUT2D eigenvalue weighted by molar-refractivity contribution is 5.80. The molecule has 1 amide bonds. The second-order valence-corrected chi connectivity index (χ2v) is 3.08. The quantitative estimate of drug-likeness (QED) is 0.467. The summed E-state index contributed by atoms with van der Waals surface area (Å²) in [7, 11) is 0. The highest BCUT2D eigenvalue weighted by Crippen LogP contribution is 2.16. The third-order valence-corrected chi connectivity index (χ3v) is 1.79. The molecule has 1 fully saturated rings. The molecule has 1 atom stereocenters. The minimum atomic E-state index is -0.197. The fourth-order valence-corrected chi connectivity index (χ4v) is 0.958. The highest BCUT2D eigenvalue weighted by atomic mass is 16.2. The Morgan fingerprint density at radius 1 is 1.78 bits per heavy atom. The van der Waals surface area contributed by atoms with E-state index >= 15 is 0 Å². The zero-order valence-corrected chi connectivity index (χ0v) is 5.77. The number of carbonyl (C=O) groups excluding carboxylic acids is 1. The van der Waals surface area contributed by atoms with E-state index in [1.165, 1.54) is 0 Å². The normalized spacial score (nSPS) is 32.3. The van der Waals surface area contributed by atoms with E-state index in [2.05, 4.69) is 5.32 Å². The molecule has 0 aromatic carbocycles. The van der Waals surface area contributed by atoms with Crippen molar-refractivity contribution in [1.82, 2.24) is 5.32 Å². The lowest BCUT2D eigenvalue weighted by atomic mass is 9.98. The average Bonchev–Trinajstić information content (AvgIpc) is 1.79. The molecule has 3 nitrogen and oxygen atoms in total. The molecule has 3 heteroatoms. The molecular weight excluding hydrogens is 116 g/mol. The van der Waals surface area contributed by atoms with Crippen LogP contribution < -0.4 is 11.1 Å². The minimum Gasteiger partial charge on any atom is -0.350 e. The van der Waals surface area contributed by atoms with Crippen molar-refractivity contribution in [3.05, 3.63) is 0 Å². The summed E-state index contributed by atoms with van der Waals surface area (Å²) in [5, 5.41) is 2.78. The summed E-state index contributed by atoms with van der Waals surface area (Å²) in [6.07, 6.45) is 0.465. The molecule has 1 rings (SSSR count). The number of hydrogen-bond acceptors (Lipinski definition) is 2. The molecule has 3 N–H and O–H groups in total. The number of nitrogens with one attached hydrogen (secondary N) is 1. The molecule has 1 saturated heterocycles. The first-order valence-corrected chi connectivity index (χ1v) is 3.09. The molecule has 52 valence electrons. The molecule has 0 aromatic rings. The van der Waals surface area contributed by atoms with Gasteiger partial charge in [0.15, 0.2) is 0 Å². The first-order valence-electron chi connectivity index (χ1n) is 3.09. The molecule has 0 aliphatic carbocycles. The molecular formula is C6H12N2O. The van der Waals surface area contributed by atoms with E-state index in [0.29, 0.717) is 6.42 Å². The predicted octanol–water partition coefficient (Wildman–Crippen LogP) is -0.388. The van der Waals surface area contributed by atoms with E-state index < -0.39 is 0 Å². The van der Waals surface area contributed by atoms with Crippen LogP contribution in [0, 0.1) is 0 Å². The fourth-order valence-electron chi connectivity index (χ4n) is 0.958. The Bertz CT molecular complexity index is 142. The lowest BCUT2D eigenvalue weighted by Gasteiger charge is -2.22. The molecule has 0 radical (unpaired) electrons. The Kier molecular flexibility index (Phi) is 1.24. The molecule has 0 bridgehead atoms. The maximum Gasteiger partial charge on any atom is 0.222 e. The zero-order chi connectivity index (χ0) is 7.07. The SMILES string of the molecule is CC1(C)NC(=O)CC1N. The van der Waals surface area contributed by atoms with Crippen LogP contribution >= 0.6 is 0 Å². The lowest BCUT2D eigenvalue weighted by molar-refractivity contribution is -0.119. The van der Waals surface area contributed by atoms with Gasteiger partial charge < -0.3 is 11.1 Å². The molecule has 9 heavy (non-hydrogen) atoms. The van der Waals surface area contributed by atoms with Crippen LogP contribution in [0.1, 0.15) is 20.3 Å². The number of carbonyl (C=O) groups is 1. The van der Waals surface area contributed by atoms with E-state index in [1.807, 2.05) is 13.8 Å². The van der Waals surface area contributed by atoms with Crippen LogP contribution in [0.15, 0.2) is 0 Å². The Labute approximate surface area is 54.6 Å². The summed E-state index contributed by atoms with van der Waals surface area (Å²) in [5.41, 5.74) is 5.42. The van der Waals surface area contributed by atoms with Gasteiger partial charge in [0, 0.05) is 18.0 Å². The van der Waals surface area contributed by atoms with Gasteiger partial charge in [-0.1, -0.05) is 0 Å². The number of rotatable bonds is 0. The van der Waals surface area contributed by atoms with Gasteiger partial charge in [0.25, 0.3) is 0 Å². The van der Waals surface area contributed by atoms with Crippen molar-refractivity contribution >= 4 is 5.91 Å². The lowest BCUT2D eigenvalue weighted by Crippen LogP contribution is -2.46. The van der Waals surface area contributed by atoms with Crippen LogP contribution in [0.5, 0.6) is 0 Å². The van der Waals surface area contributed by atoms with Gasteiger partial charge in [-0.25, -0.2) is 0 Å². The van der Waals surface area contributed by atoms with Crippen LogP contribution in [0.25, 0.3) is 0 Å². The standard InChI is InChI=1S/C6H12N2O/c1-6(2)4(7)3-5(9)8-6/h4H,3,7H2,1-2H3,(H,8,9). The minimum absolute atomic E-state index is 0.0231. The second-order valence-electron chi connectivity index (χ2n) is 3.08. The summed E-state index contributed by atoms with van der Waals surface area (Å²) in [6.45, 7) is 3.87. The van der Waals surface area contributed by atoms with Crippen LogP contribution in [-0.4, -0.2) is 17.5 Å². The summed E-state index contributed by atoms with van der Waals surface area (Å²) in [4.78, 5) is 10.7. The van der Waals surface area contributed by atoms with E-state index in [0.717, 1.165) is 0 Å². The van der Waals surface area contributed by atoms with Gasteiger partial charge in [0.1, 0.15) is 0 Å². The summed E-state index contributed by atoms with van der Waals surface area (Å²) >= 11 is 0. The topological polar surface area (TPSA) is 55.1 Å². The van der Waals surface area contributed by atoms with Crippen molar-refractivity contribution in [3.63, 3.8) is 0 Å². The van der Waals surface area contributed by atoms with Gasteiger partial charge in [-0.05, 0) is 13.8 Å². The smallest absolute Gasteiger partial charge is 0.222 e. The van der Waals surface area contributed by atoms with Crippen molar-refractivity contribution in [2.45, 2.75) is 31.8 Å². The molecule has 1 unspecified atom stereocenters.